The van der Waals surface area contributed by atoms with Crippen LogP contribution in [0.25, 0.3) is 0 Å². The van der Waals surface area contributed by atoms with Crippen LogP contribution in [0.15, 0.2) is 36.4 Å². The second-order valence-corrected chi connectivity index (χ2v) is 4.07. The van der Waals surface area contributed by atoms with Gasteiger partial charge >= 0.3 is 34.5 Å². The fourth-order valence-corrected chi connectivity index (χ4v) is 0.385. The molecule has 0 N–H and O–H groups in total. The molecule has 12 heavy (non-hydrogen) atoms. The normalized spacial score (nSPS) is 6.50. The zero-order valence-electron chi connectivity index (χ0n) is 6.52. The maximum Gasteiger partial charge on any atom is -0.0623 e. The predicted molar refractivity (Wildman–Crippen MR) is 49.4 cm³/mol. The zero-order valence-corrected chi connectivity index (χ0v) is 9.77. The summed E-state index contributed by atoms with van der Waals surface area (Å²) >= 11 is -0.346. The van der Waals surface area contributed by atoms with Gasteiger partial charge in [0.25, 0.3) is 0 Å². The third-order valence-corrected chi connectivity index (χ3v) is 0.667. The maximum atomic E-state index is 7.32. The molecule has 0 aromatic heterocycles. The molecule has 0 amide bonds. The maximum absolute atomic E-state index is 7.32. The van der Waals surface area contributed by atoms with E-state index in [4.69, 9.17) is 24.6 Å². The van der Waals surface area contributed by atoms with E-state index in [0.717, 1.165) is 0 Å². The molecule has 4 heteroatoms. The van der Waals surface area contributed by atoms with Gasteiger partial charge < -0.3 is 0 Å². The number of nitriles is 1. The fraction of sp³-hybridized carbons (Fsp3) is 0.125. The minimum Gasteiger partial charge on any atom is -0.0623 e. The van der Waals surface area contributed by atoms with Crippen LogP contribution >= 0.6 is 19.4 Å². The van der Waals surface area contributed by atoms with Crippen molar-refractivity contribution in [3.63, 3.8) is 0 Å². The van der Waals surface area contributed by atoms with E-state index in [1.165, 1.54) is 6.92 Å². The van der Waals surface area contributed by atoms with Gasteiger partial charge in [0, 0.05) is 6.92 Å². The van der Waals surface area contributed by atoms with Crippen molar-refractivity contribution in [1.82, 2.24) is 0 Å². The molecular formula is C8H9Cl2NRu. The van der Waals surface area contributed by atoms with Crippen LogP contribution in [0, 0.1) is 11.3 Å². The first-order valence-electron chi connectivity index (χ1n) is 2.99. The standard InChI is InChI=1S/C6H6.C2H3N.2ClH.Ru/c1-2-4-6-5-3-1;1-2-3;;;/h1-6H;1H3;2*1H;/q;;;;+2/p-2. The van der Waals surface area contributed by atoms with Gasteiger partial charge in [-0.1, -0.05) is 36.4 Å². The van der Waals surface area contributed by atoms with Gasteiger partial charge in [-0.2, -0.15) is 5.26 Å². The molecule has 0 aliphatic rings. The molecule has 0 aliphatic carbocycles. The average Bonchev–Trinajstić information content (AvgIpc) is 2.10. The second-order valence-electron chi connectivity index (χ2n) is 1.43. The topological polar surface area (TPSA) is 23.8 Å². The summed E-state index contributed by atoms with van der Waals surface area (Å²) in [6.07, 6.45) is 0. The summed E-state index contributed by atoms with van der Waals surface area (Å²) in [5.74, 6) is 0. The second kappa shape index (κ2) is 17.1. The van der Waals surface area contributed by atoms with E-state index in [0.29, 0.717) is 0 Å². The Labute approximate surface area is 89.0 Å². The Balaban J connectivity index is 0. The molecular weight excluding hydrogens is 282 g/mol. The molecule has 1 nitrogen and oxygen atoms in total. The van der Waals surface area contributed by atoms with Crippen molar-refractivity contribution < 1.29 is 15.1 Å². The van der Waals surface area contributed by atoms with Crippen molar-refractivity contribution in [3.8, 4) is 6.07 Å². The largest absolute Gasteiger partial charge is 0.0623 e. The van der Waals surface area contributed by atoms with Crippen molar-refractivity contribution in [2.45, 2.75) is 6.92 Å². The van der Waals surface area contributed by atoms with Gasteiger partial charge in [-0.25, -0.2) is 0 Å². The number of halogens is 2. The number of hydrogen-bond acceptors (Lipinski definition) is 1. The van der Waals surface area contributed by atoms with E-state index >= 15 is 0 Å². The molecule has 1 rings (SSSR count). The Morgan fingerprint density at radius 3 is 1.17 bits per heavy atom. The van der Waals surface area contributed by atoms with Crippen LogP contribution < -0.4 is 0 Å². The number of benzene rings is 1. The minimum atomic E-state index is -0.346. The summed E-state index contributed by atoms with van der Waals surface area (Å²) < 4.78 is 0. The minimum absolute atomic E-state index is 0.346. The van der Waals surface area contributed by atoms with Crippen LogP contribution in [-0.2, 0) is 15.1 Å². The molecule has 0 heterocycles. The van der Waals surface area contributed by atoms with Crippen molar-refractivity contribution >= 4 is 19.4 Å². The Bertz CT molecular complexity index is 159. The van der Waals surface area contributed by atoms with E-state index in [2.05, 4.69) is 0 Å². The molecule has 0 unspecified atom stereocenters. The van der Waals surface area contributed by atoms with Gasteiger partial charge in [0.15, 0.2) is 0 Å². The van der Waals surface area contributed by atoms with Crippen molar-refractivity contribution in [2.75, 3.05) is 0 Å². The van der Waals surface area contributed by atoms with Gasteiger partial charge in [0.2, 0.25) is 0 Å². The van der Waals surface area contributed by atoms with Crippen LogP contribution in [0.5, 0.6) is 0 Å². The molecule has 0 bridgehead atoms. The molecule has 0 radical (unpaired) electrons. The third kappa shape index (κ3) is 22.5. The Kier molecular flexibility index (Phi) is 20.6. The summed E-state index contributed by atoms with van der Waals surface area (Å²) in [7, 11) is 9.71. The summed E-state index contributed by atoms with van der Waals surface area (Å²) in [6, 6.07) is 13.8. The van der Waals surface area contributed by atoms with Crippen molar-refractivity contribution in [2.24, 2.45) is 0 Å². The average molecular weight is 291 g/mol. The Morgan fingerprint density at radius 2 is 1.08 bits per heavy atom. The molecule has 0 atom stereocenters. The number of nitrogens with zero attached hydrogens (tertiary/aromatic N) is 1. The molecule has 0 saturated carbocycles. The first-order chi connectivity index (χ1) is 5.83. The number of rotatable bonds is 0. The SMILES string of the molecule is CC#N.[Cl][Ru][Cl].c1ccccc1. The van der Waals surface area contributed by atoms with Crippen LogP contribution in [0.4, 0.5) is 0 Å². The smallest absolute Gasteiger partial charge is 0.0623 e. The monoisotopic (exact) mass is 291 g/mol. The Morgan fingerprint density at radius 1 is 1.00 bits per heavy atom. The summed E-state index contributed by atoms with van der Waals surface area (Å²) in [6.45, 7) is 1.43. The summed E-state index contributed by atoms with van der Waals surface area (Å²) in [5, 5.41) is 7.32. The molecule has 1 aromatic rings. The van der Waals surface area contributed by atoms with Crippen LogP contribution in [-0.4, -0.2) is 0 Å². The fourth-order valence-electron chi connectivity index (χ4n) is 0.385. The van der Waals surface area contributed by atoms with Crippen LogP contribution in [0.3, 0.4) is 0 Å². The Hall–Kier alpha value is -0.0866. The van der Waals surface area contributed by atoms with E-state index in [1.54, 1.807) is 6.07 Å². The van der Waals surface area contributed by atoms with Crippen LogP contribution in [0.2, 0.25) is 0 Å². The quantitative estimate of drug-likeness (QED) is 0.670. The van der Waals surface area contributed by atoms with Crippen LogP contribution in [0.1, 0.15) is 6.92 Å². The van der Waals surface area contributed by atoms with E-state index < -0.39 is 0 Å². The molecule has 0 fully saturated rings. The van der Waals surface area contributed by atoms with E-state index in [-0.39, 0.29) is 15.1 Å². The molecule has 0 aliphatic heterocycles. The van der Waals surface area contributed by atoms with Gasteiger partial charge in [-0.3, -0.25) is 0 Å². The van der Waals surface area contributed by atoms with Crippen molar-refractivity contribution in [3.05, 3.63) is 36.4 Å². The van der Waals surface area contributed by atoms with Crippen molar-refractivity contribution in [1.29, 1.82) is 5.26 Å². The molecule has 1 aromatic carbocycles. The molecule has 0 spiro atoms. The van der Waals surface area contributed by atoms with E-state index in [1.807, 2.05) is 36.4 Å². The van der Waals surface area contributed by atoms with Gasteiger partial charge in [0.05, 0.1) is 6.07 Å². The summed E-state index contributed by atoms with van der Waals surface area (Å²) in [5.41, 5.74) is 0. The molecule has 0 saturated heterocycles. The van der Waals surface area contributed by atoms with Gasteiger partial charge in [-0.05, 0) is 0 Å². The van der Waals surface area contributed by atoms with Gasteiger partial charge in [-0.15, -0.1) is 0 Å². The third-order valence-electron chi connectivity index (χ3n) is 0.667. The summed E-state index contributed by atoms with van der Waals surface area (Å²) in [4.78, 5) is 0. The number of hydrogen-bond donors (Lipinski definition) is 0. The molecule has 68 valence electrons. The first-order valence-corrected chi connectivity index (χ1v) is 7.47. The predicted octanol–water partition coefficient (Wildman–Crippen LogP) is 3.59. The van der Waals surface area contributed by atoms with E-state index in [9.17, 15) is 0 Å². The zero-order chi connectivity index (χ0) is 9.66. The van der Waals surface area contributed by atoms with Gasteiger partial charge in [0.1, 0.15) is 0 Å². The first kappa shape index (κ1) is 14.4.